The largest absolute Gasteiger partial charge is 0.465 e. The summed E-state index contributed by atoms with van der Waals surface area (Å²) in [5.74, 6) is -0.721. The summed E-state index contributed by atoms with van der Waals surface area (Å²) in [6.45, 7) is 1.57. The van der Waals surface area contributed by atoms with Crippen molar-refractivity contribution in [2.75, 3.05) is 32.2 Å². The van der Waals surface area contributed by atoms with Crippen molar-refractivity contribution in [1.82, 2.24) is 5.32 Å². The minimum Gasteiger partial charge on any atom is -0.465 e. The van der Waals surface area contributed by atoms with Gasteiger partial charge in [0.05, 0.1) is 30.9 Å². The Kier molecular flexibility index (Phi) is 6.91. The van der Waals surface area contributed by atoms with E-state index in [1.165, 1.54) is 19.2 Å². The van der Waals surface area contributed by atoms with Crippen molar-refractivity contribution in [3.63, 3.8) is 0 Å². The van der Waals surface area contributed by atoms with Crippen LogP contribution in [0.15, 0.2) is 18.2 Å². The molecule has 1 heterocycles. The number of rotatable bonds is 3. The van der Waals surface area contributed by atoms with Gasteiger partial charge in [-0.1, -0.05) is 11.6 Å². The van der Waals surface area contributed by atoms with Crippen molar-refractivity contribution in [3.05, 3.63) is 28.8 Å². The van der Waals surface area contributed by atoms with E-state index < -0.39 is 5.97 Å². The van der Waals surface area contributed by atoms with Gasteiger partial charge in [-0.05, 0) is 18.2 Å². The Labute approximate surface area is 133 Å². The summed E-state index contributed by atoms with van der Waals surface area (Å²) in [5.41, 5.74) is 0.770. The van der Waals surface area contributed by atoms with E-state index in [0.29, 0.717) is 25.4 Å². The molecule has 1 aromatic rings. The molecular formula is C13H16Cl2N2O4. The van der Waals surface area contributed by atoms with Crippen LogP contribution in [0.3, 0.4) is 0 Å². The van der Waals surface area contributed by atoms with Gasteiger partial charge in [-0.15, -0.1) is 12.4 Å². The molecule has 0 saturated carbocycles. The highest BCUT2D eigenvalue weighted by atomic mass is 35.5. The fourth-order valence-electron chi connectivity index (χ4n) is 1.83. The topological polar surface area (TPSA) is 76.7 Å². The lowest BCUT2D eigenvalue weighted by Gasteiger charge is -2.22. The molecule has 1 unspecified atom stereocenters. The van der Waals surface area contributed by atoms with Gasteiger partial charge in [0.2, 0.25) is 5.91 Å². The number of nitrogens with one attached hydrogen (secondary N) is 2. The summed E-state index contributed by atoms with van der Waals surface area (Å²) in [5, 5.41) is 5.99. The molecule has 1 fully saturated rings. The van der Waals surface area contributed by atoms with Crippen LogP contribution in [0.5, 0.6) is 0 Å². The van der Waals surface area contributed by atoms with E-state index >= 15 is 0 Å². The van der Waals surface area contributed by atoms with Crippen LogP contribution in [0.1, 0.15) is 10.4 Å². The summed E-state index contributed by atoms with van der Waals surface area (Å²) >= 11 is 5.98. The van der Waals surface area contributed by atoms with Crippen molar-refractivity contribution in [3.8, 4) is 0 Å². The van der Waals surface area contributed by atoms with E-state index in [4.69, 9.17) is 16.3 Å². The van der Waals surface area contributed by atoms with Crippen LogP contribution in [0, 0.1) is 0 Å². The quantitative estimate of drug-likeness (QED) is 0.818. The molecule has 0 aliphatic carbocycles. The highest BCUT2D eigenvalue weighted by Crippen LogP contribution is 2.21. The standard InChI is InChI=1S/C13H15ClN2O4.ClH/c1-19-13(18)9-3-2-8(6-10(9)14)16-12(17)11-7-20-5-4-15-11;/h2-3,6,11,15H,4-5,7H2,1H3,(H,16,17);1H. The smallest absolute Gasteiger partial charge is 0.339 e. The van der Waals surface area contributed by atoms with Crippen LogP contribution in [-0.4, -0.2) is 44.8 Å². The molecule has 1 aliphatic rings. The Morgan fingerprint density at radius 1 is 1.48 bits per heavy atom. The van der Waals surface area contributed by atoms with Crippen LogP contribution in [0.4, 0.5) is 5.69 Å². The lowest BCUT2D eigenvalue weighted by Crippen LogP contribution is -2.48. The SMILES string of the molecule is COC(=O)c1ccc(NC(=O)C2COCCN2)cc1Cl.Cl. The Balaban J connectivity index is 0.00000220. The van der Waals surface area contributed by atoms with Gasteiger partial charge in [-0.2, -0.15) is 0 Å². The summed E-state index contributed by atoms with van der Waals surface area (Å²) in [7, 11) is 1.28. The highest BCUT2D eigenvalue weighted by Gasteiger charge is 2.21. The van der Waals surface area contributed by atoms with Crippen LogP contribution in [-0.2, 0) is 14.3 Å². The number of morpholine rings is 1. The molecule has 21 heavy (non-hydrogen) atoms. The number of benzene rings is 1. The number of esters is 1. The molecule has 116 valence electrons. The summed E-state index contributed by atoms with van der Waals surface area (Å²) in [6, 6.07) is 4.23. The number of methoxy groups -OCH3 is 1. The third kappa shape index (κ3) is 4.57. The first-order valence-electron chi connectivity index (χ1n) is 6.11. The minimum atomic E-state index is -0.518. The molecular weight excluding hydrogens is 319 g/mol. The maximum Gasteiger partial charge on any atom is 0.339 e. The predicted octanol–water partition coefficient (Wildman–Crippen LogP) is 1.48. The van der Waals surface area contributed by atoms with Gasteiger partial charge in [0.15, 0.2) is 0 Å². The molecule has 0 radical (unpaired) electrons. The zero-order chi connectivity index (χ0) is 14.5. The third-order valence-corrected chi connectivity index (χ3v) is 3.19. The maximum absolute atomic E-state index is 12.0. The van der Waals surface area contributed by atoms with Crippen LogP contribution >= 0.6 is 24.0 Å². The van der Waals surface area contributed by atoms with E-state index in [-0.39, 0.29) is 34.9 Å². The monoisotopic (exact) mass is 334 g/mol. The van der Waals surface area contributed by atoms with E-state index in [1.54, 1.807) is 6.07 Å². The molecule has 1 aliphatic heterocycles. The van der Waals surface area contributed by atoms with Crippen LogP contribution in [0.2, 0.25) is 5.02 Å². The number of hydrogen-bond donors (Lipinski definition) is 2. The van der Waals surface area contributed by atoms with Crippen molar-refractivity contribution in [2.24, 2.45) is 0 Å². The van der Waals surface area contributed by atoms with Crippen LogP contribution < -0.4 is 10.6 Å². The average molecular weight is 335 g/mol. The lowest BCUT2D eigenvalue weighted by molar-refractivity contribution is -0.120. The molecule has 1 atom stereocenters. The maximum atomic E-state index is 12.0. The number of carbonyl (C=O) groups excluding carboxylic acids is 2. The zero-order valence-corrected chi connectivity index (χ0v) is 12.9. The summed E-state index contributed by atoms with van der Waals surface area (Å²) < 4.78 is 9.82. The first kappa shape index (κ1) is 17.7. The first-order valence-corrected chi connectivity index (χ1v) is 6.49. The number of ether oxygens (including phenoxy) is 2. The molecule has 0 spiro atoms. The molecule has 6 nitrogen and oxygen atoms in total. The van der Waals surface area contributed by atoms with Gasteiger partial charge >= 0.3 is 5.97 Å². The number of anilines is 1. The van der Waals surface area contributed by atoms with Gasteiger partial charge in [-0.3, -0.25) is 4.79 Å². The molecule has 1 saturated heterocycles. The molecule has 8 heteroatoms. The van der Waals surface area contributed by atoms with E-state index in [0.717, 1.165) is 0 Å². The Morgan fingerprint density at radius 2 is 2.24 bits per heavy atom. The summed E-state index contributed by atoms with van der Waals surface area (Å²) in [4.78, 5) is 23.4. The average Bonchev–Trinajstić information content (AvgIpc) is 2.47. The fourth-order valence-corrected chi connectivity index (χ4v) is 2.09. The second kappa shape index (κ2) is 8.19. The van der Waals surface area contributed by atoms with Crippen molar-refractivity contribution in [2.45, 2.75) is 6.04 Å². The number of halogens is 2. The molecule has 1 aromatic carbocycles. The number of carbonyl (C=O) groups is 2. The zero-order valence-electron chi connectivity index (χ0n) is 11.3. The predicted molar refractivity (Wildman–Crippen MR) is 81.3 cm³/mol. The van der Waals surface area contributed by atoms with E-state index in [1.807, 2.05) is 0 Å². The molecule has 1 amide bonds. The second-order valence-electron chi connectivity index (χ2n) is 4.26. The Morgan fingerprint density at radius 3 is 2.81 bits per heavy atom. The van der Waals surface area contributed by atoms with E-state index in [9.17, 15) is 9.59 Å². The molecule has 2 N–H and O–H groups in total. The Hall–Kier alpha value is -1.34. The van der Waals surface area contributed by atoms with Gasteiger partial charge in [0, 0.05) is 12.2 Å². The minimum absolute atomic E-state index is 0. The molecule has 0 bridgehead atoms. The van der Waals surface area contributed by atoms with E-state index in [2.05, 4.69) is 15.4 Å². The van der Waals surface area contributed by atoms with Gasteiger partial charge in [-0.25, -0.2) is 4.79 Å². The normalized spacial score (nSPS) is 17.5. The molecule has 0 aromatic heterocycles. The third-order valence-electron chi connectivity index (χ3n) is 2.88. The second-order valence-corrected chi connectivity index (χ2v) is 4.66. The first-order chi connectivity index (χ1) is 9.61. The van der Waals surface area contributed by atoms with Crippen molar-refractivity contribution in [1.29, 1.82) is 0 Å². The number of amides is 1. The van der Waals surface area contributed by atoms with Gasteiger partial charge in [0.1, 0.15) is 6.04 Å². The van der Waals surface area contributed by atoms with Gasteiger partial charge < -0.3 is 20.1 Å². The highest BCUT2D eigenvalue weighted by molar-refractivity contribution is 6.34. The van der Waals surface area contributed by atoms with Crippen molar-refractivity contribution < 1.29 is 19.1 Å². The number of hydrogen-bond acceptors (Lipinski definition) is 5. The Bertz CT molecular complexity index is 519. The van der Waals surface area contributed by atoms with Gasteiger partial charge in [0.25, 0.3) is 0 Å². The van der Waals surface area contributed by atoms with Crippen molar-refractivity contribution >= 4 is 41.6 Å². The summed E-state index contributed by atoms with van der Waals surface area (Å²) in [6.07, 6.45) is 0. The van der Waals surface area contributed by atoms with Crippen LogP contribution in [0.25, 0.3) is 0 Å². The fraction of sp³-hybridized carbons (Fsp3) is 0.385. The lowest BCUT2D eigenvalue weighted by atomic mass is 10.2. The molecule has 2 rings (SSSR count).